The van der Waals surface area contributed by atoms with Crippen molar-refractivity contribution in [3.05, 3.63) is 28.5 Å². The number of pyridine rings is 1. The predicted octanol–water partition coefficient (Wildman–Crippen LogP) is 2.95. The summed E-state index contributed by atoms with van der Waals surface area (Å²) >= 11 is 3.42. The lowest BCUT2D eigenvalue weighted by Crippen LogP contribution is -2.27. The molecule has 0 aromatic carbocycles. The molecule has 0 aliphatic rings. The van der Waals surface area contributed by atoms with E-state index in [2.05, 4.69) is 45.0 Å². The zero-order chi connectivity index (χ0) is 16.7. The third-order valence-corrected chi connectivity index (χ3v) is 3.70. The molecular formula is C16H19BrN4O2. The van der Waals surface area contributed by atoms with Crippen molar-refractivity contribution in [2.75, 3.05) is 11.9 Å². The number of carbonyl (C=O) groups excluding carboxylic acids is 1. The molecule has 0 atom stereocenters. The Labute approximate surface area is 143 Å². The molecule has 0 radical (unpaired) electrons. The van der Waals surface area contributed by atoms with Crippen molar-refractivity contribution in [3.8, 4) is 11.8 Å². The number of nitrogens with one attached hydrogen (secondary N) is 2. The lowest BCUT2D eigenvalue weighted by atomic mass is 10.2. The van der Waals surface area contributed by atoms with Crippen LogP contribution in [0.15, 0.2) is 22.8 Å². The van der Waals surface area contributed by atoms with Crippen LogP contribution in [0.4, 0.5) is 5.82 Å². The van der Waals surface area contributed by atoms with Crippen molar-refractivity contribution < 1.29 is 10.0 Å². The molecule has 0 unspecified atom stereocenters. The maximum Gasteiger partial charge on any atom is 0.262 e. The van der Waals surface area contributed by atoms with Crippen LogP contribution in [-0.2, 0) is 4.79 Å². The SMILES string of the molecule is CCCCCC#Cc1nc2ccc(Br)cn2c1NCC(=O)NO. The average molecular weight is 379 g/mol. The smallest absolute Gasteiger partial charge is 0.262 e. The molecule has 0 spiro atoms. The quantitative estimate of drug-likeness (QED) is 0.312. The van der Waals surface area contributed by atoms with Crippen LogP contribution in [0.1, 0.15) is 38.3 Å². The number of imidazole rings is 1. The van der Waals surface area contributed by atoms with E-state index in [1.165, 1.54) is 0 Å². The maximum absolute atomic E-state index is 11.3. The Morgan fingerprint density at radius 3 is 3.00 bits per heavy atom. The molecule has 0 aliphatic carbocycles. The van der Waals surface area contributed by atoms with Crippen LogP contribution in [-0.4, -0.2) is 27.0 Å². The largest absolute Gasteiger partial charge is 0.360 e. The molecule has 2 aromatic rings. The zero-order valence-electron chi connectivity index (χ0n) is 12.9. The summed E-state index contributed by atoms with van der Waals surface area (Å²) in [4.78, 5) is 15.7. The second-order valence-corrected chi connectivity index (χ2v) is 5.95. The Bertz CT molecular complexity index is 746. The van der Waals surface area contributed by atoms with Gasteiger partial charge in [-0.05, 0) is 40.4 Å². The first-order valence-electron chi connectivity index (χ1n) is 7.49. The van der Waals surface area contributed by atoms with Crippen LogP contribution in [0.25, 0.3) is 5.65 Å². The molecule has 1 amide bonds. The number of hydrogen-bond donors (Lipinski definition) is 3. The van der Waals surface area contributed by atoms with Crippen molar-refractivity contribution in [1.82, 2.24) is 14.9 Å². The van der Waals surface area contributed by atoms with Gasteiger partial charge in [0.15, 0.2) is 5.69 Å². The number of aromatic nitrogens is 2. The van der Waals surface area contributed by atoms with E-state index in [0.29, 0.717) is 11.5 Å². The molecule has 0 saturated carbocycles. The van der Waals surface area contributed by atoms with Gasteiger partial charge in [0.2, 0.25) is 0 Å². The summed E-state index contributed by atoms with van der Waals surface area (Å²) in [5.74, 6) is 6.30. The molecule has 6 nitrogen and oxygen atoms in total. The van der Waals surface area contributed by atoms with Crippen LogP contribution in [0, 0.1) is 11.8 Å². The highest BCUT2D eigenvalue weighted by atomic mass is 79.9. The fourth-order valence-corrected chi connectivity index (χ4v) is 2.42. The number of rotatable bonds is 6. The second-order valence-electron chi connectivity index (χ2n) is 5.03. The second kappa shape index (κ2) is 8.56. The van der Waals surface area contributed by atoms with Gasteiger partial charge in [0.25, 0.3) is 5.91 Å². The number of halogens is 1. The lowest BCUT2D eigenvalue weighted by molar-refractivity contribution is -0.127. The summed E-state index contributed by atoms with van der Waals surface area (Å²) in [6.07, 6.45) is 6.06. The van der Waals surface area contributed by atoms with E-state index in [4.69, 9.17) is 5.21 Å². The topological polar surface area (TPSA) is 78.7 Å². The van der Waals surface area contributed by atoms with Crippen molar-refractivity contribution in [3.63, 3.8) is 0 Å². The van der Waals surface area contributed by atoms with E-state index in [-0.39, 0.29) is 6.54 Å². The fourth-order valence-electron chi connectivity index (χ4n) is 2.09. The van der Waals surface area contributed by atoms with Crippen LogP contribution < -0.4 is 10.8 Å². The Balaban J connectivity index is 2.28. The van der Waals surface area contributed by atoms with Gasteiger partial charge in [-0.2, -0.15) is 0 Å². The van der Waals surface area contributed by atoms with Crippen LogP contribution >= 0.6 is 15.9 Å². The predicted molar refractivity (Wildman–Crippen MR) is 92.3 cm³/mol. The number of nitrogens with zero attached hydrogens (tertiary/aromatic N) is 2. The number of carbonyl (C=O) groups is 1. The molecule has 0 bridgehead atoms. The average Bonchev–Trinajstić information content (AvgIpc) is 2.89. The monoisotopic (exact) mass is 378 g/mol. The summed E-state index contributed by atoms with van der Waals surface area (Å²) in [5.41, 5.74) is 2.92. The molecule has 0 aliphatic heterocycles. The normalized spacial score (nSPS) is 10.2. The summed E-state index contributed by atoms with van der Waals surface area (Å²) in [5, 5.41) is 11.6. The van der Waals surface area contributed by atoms with E-state index < -0.39 is 5.91 Å². The van der Waals surface area contributed by atoms with Gasteiger partial charge in [-0.3, -0.25) is 14.4 Å². The Hall–Kier alpha value is -2.04. The van der Waals surface area contributed by atoms with Gasteiger partial charge in [0.05, 0.1) is 6.54 Å². The number of anilines is 1. The third-order valence-electron chi connectivity index (χ3n) is 3.24. The molecule has 7 heteroatoms. The minimum absolute atomic E-state index is 0.0681. The van der Waals surface area contributed by atoms with Gasteiger partial charge in [-0.25, -0.2) is 10.5 Å². The van der Waals surface area contributed by atoms with Crippen molar-refractivity contribution >= 4 is 33.3 Å². The van der Waals surface area contributed by atoms with E-state index in [9.17, 15) is 4.79 Å². The highest BCUT2D eigenvalue weighted by Crippen LogP contribution is 2.20. The lowest BCUT2D eigenvalue weighted by Gasteiger charge is -2.05. The molecule has 2 heterocycles. The van der Waals surface area contributed by atoms with Gasteiger partial charge in [-0.15, -0.1) is 0 Å². The summed E-state index contributed by atoms with van der Waals surface area (Å²) < 4.78 is 2.71. The van der Waals surface area contributed by atoms with E-state index in [0.717, 1.165) is 35.8 Å². The fraction of sp³-hybridized carbons (Fsp3) is 0.375. The first kappa shape index (κ1) is 17.3. The minimum Gasteiger partial charge on any atom is -0.360 e. The molecule has 3 N–H and O–H groups in total. The molecule has 23 heavy (non-hydrogen) atoms. The Morgan fingerprint density at radius 2 is 2.26 bits per heavy atom. The first-order chi connectivity index (χ1) is 11.2. The van der Waals surface area contributed by atoms with Gasteiger partial charge >= 0.3 is 0 Å². The van der Waals surface area contributed by atoms with Gasteiger partial charge < -0.3 is 5.32 Å². The molecule has 122 valence electrons. The van der Waals surface area contributed by atoms with Gasteiger partial charge in [0.1, 0.15) is 11.5 Å². The third kappa shape index (κ3) is 4.71. The number of amides is 1. The highest BCUT2D eigenvalue weighted by molar-refractivity contribution is 9.10. The molecule has 0 saturated heterocycles. The van der Waals surface area contributed by atoms with Crippen LogP contribution in [0.5, 0.6) is 0 Å². The van der Waals surface area contributed by atoms with Gasteiger partial charge in [-0.1, -0.05) is 25.7 Å². The molecule has 0 fully saturated rings. The highest BCUT2D eigenvalue weighted by Gasteiger charge is 2.11. The van der Waals surface area contributed by atoms with Crippen molar-refractivity contribution in [2.45, 2.75) is 32.6 Å². The Kier molecular flexibility index (Phi) is 6.44. The number of hydroxylamine groups is 1. The number of hydrogen-bond acceptors (Lipinski definition) is 4. The summed E-state index contributed by atoms with van der Waals surface area (Å²) in [7, 11) is 0. The Morgan fingerprint density at radius 1 is 1.43 bits per heavy atom. The number of fused-ring (bicyclic) bond motifs is 1. The number of unbranched alkanes of at least 4 members (excludes halogenated alkanes) is 3. The molecular weight excluding hydrogens is 360 g/mol. The van der Waals surface area contributed by atoms with Gasteiger partial charge in [0, 0.05) is 17.1 Å². The zero-order valence-corrected chi connectivity index (χ0v) is 14.5. The van der Waals surface area contributed by atoms with Crippen LogP contribution in [0.2, 0.25) is 0 Å². The molecule has 2 aromatic heterocycles. The molecule has 2 rings (SSSR count). The van der Waals surface area contributed by atoms with E-state index in [1.54, 1.807) is 5.48 Å². The first-order valence-corrected chi connectivity index (χ1v) is 8.28. The summed E-state index contributed by atoms with van der Waals surface area (Å²) in [6, 6.07) is 3.76. The van der Waals surface area contributed by atoms with Crippen LogP contribution in [0.3, 0.4) is 0 Å². The van der Waals surface area contributed by atoms with E-state index in [1.807, 2.05) is 22.7 Å². The standard InChI is InChI=1S/C16H19BrN4O2/c1-2-3-4-5-6-7-13-16(18-10-15(22)20-23)21-11-12(17)8-9-14(21)19-13/h8-9,11,18,23H,2-5,10H2,1H3,(H,20,22). The van der Waals surface area contributed by atoms with Crippen molar-refractivity contribution in [2.24, 2.45) is 0 Å². The summed E-state index contributed by atoms with van der Waals surface area (Å²) in [6.45, 7) is 2.09. The maximum atomic E-state index is 11.3. The van der Waals surface area contributed by atoms with E-state index >= 15 is 0 Å². The van der Waals surface area contributed by atoms with Crippen molar-refractivity contribution in [1.29, 1.82) is 0 Å². The minimum atomic E-state index is -0.531.